The van der Waals surface area contributed by atoms with Crippen molar-refractivity contribution in [3.8, 4) is 0 Å². The van der Waals surface area contributed by atoms with Gasteiger partial charge in [-0.25, -0.2) is 0 Å². The maximum Gasteiger partial charge on any atom is 0.241 e. The van der Waals surface area contributed by atoms with Gasteiger partial charge in [-0.1, -0.05) is 6.42 Å². The third-order valence-corrected chi connectivity index (χ3v) is 3.73. The second-order valence-electron chi connectivity index (χ2n) is 4.22. The van der Waals surface area contributed by atoms with E-state index in [9.17, 15) is 4.79 Å². The van der Waals surface area contributed by atoms with E-state index in [1.165, 1.54) is 11.3 Å². The Balaban J connectivity index is 0.00000162. The molecule has 0 bridgehead atoms. The zero-order chi connectivity index (χ0) is 12.1. The van der Waals surface area contributed by atoms with Crippen LogP contribution < -0.4 is 10.6 Å². The standard InChI is InChI=1S/C13H18N2OS.ClH/c1-17-11-7-5-10(6-8-11)15-13(16)12-4-2-3-9-14-12;/h5-8,12,14H,2-4,9H2,1H3,(H,15,16);1H. The second kappa shape index (κ2) is 7.67. The number of piperidine rings is 1. The van der Waals surface area contributed by atoms with Crippen LogP contribution in [0.2, 0.25) is 0 Å². The number of hydrogen-bond acceptors (Lipinski definition) is 3. The number of hydrogen-bond donors (Lipinski definition) is 2. The van der Waals surface area contributed by atoms with Gasteiger partial charge in [0, 0.05) is 10.6 Å². The van der Waals surface area contributed by atoms with E-state index in [0.717, 1.165) is 25.1 Å². The topological polar surface area (TPSA) is 41.1 Å². The molecule has 2 N–H and O–H groups in total. The van der Waals surface area contributed by atoms with Crippen LogP contribution in [0.25, 0.3) is 0 Å². The van der Waals surface area contributed by atoms with Gasteiger partial charge in [0.15, 0.2) is 0 Å². The molecule has 0 saturated carbocycles. The molecule has 0 radical (unpaired) electrons. The highest BCUT2D eigenvalue weighted by Gasteiger charge is 2.20. The van der Waals surface area contributed by atoms with Gasteiger partial charge >= 0.3 is 0 Å². The van der Waals surface area contributed by atoms with Crippen LogP contribution >= 0.6 is 24.2 Å². The van der Waals surface area contributed by atoms with Crippen LogP contribution in [0.15, 0.2) is 29.2 Å². The Morgan fingerprint density at radius 1 is 1.33 bits per heavy atom. The fourth-order valence-electron chi connectivity index (χ4n) is 1.98. The molecule has 2 rings (SSSR count). The Labute approximate surface area is 119 Å². The highest BCUT2D eigenvalue weighted by Crippen LogP contribution is 2.18. The van der Waals surface area contributed by atoms with E-state index in [0.29, 0.717) is 0 Å². The molecule has 0 aliphatic carbocycles. The number of amides is 1. The first-order chi connectivity index (χ1) is 8.29. The molecular formula is C13H19ClN2OS. The minimum Gasteiger partial charge on any atom is -0.325 e. The largest absolute Gasteiger partial charge is 0.325 e. The molecular weight excluding hydrogens is 268 g/mol. The molecule has 5 heteroatoms. The van der Waals surface area contributed by atoms with Crippen molar-refractivity contribution in [3.63, 3.8) is 0 Å². The lowest BCUT2D eigenvalue weighted by molar-refractivity contribution is -0.118. The molecule has 1 aromatic carbocycles. The summed E-state index contributed by atoms with van der Waals surface area (Å²) in [5.74, 6) is 0.0848. The van der Waals surface area contributed by atoms with E-state index in [-0.39, 0.29) is 24.4 Å². The van der Waals surface area contributed by atoms with Crippen molar-refractivity contribution in [1.82, 2.24) is 5.32 Å². The number of thioether (sulfide) groups is 1. The molecule has 1 unspecified atom stereocenters. The summed E-state index contributed by atoms with van der Waals surface area (Å²) in [4.78, 5) is 13.2. The Hall–Kier alpha value is -0.710. The number of anilines is 1. The van der Waals surface area contributed by atoms with Crippen molar-refractivity contribution in [2.45, 2.75) is 30.2 Å². The summed E-state index contributed by atoms with van der Waals surface area (Å²) >= 11 is 1.70. The first-order valence-corrected chi connectivity index (χ1v) is 7.20. The van der Waals surface area contributed by atoms with E-state index in [4.69, 9.17) is 0 Å². The van der Waals surface area contributed by atoms with Crippen LogP contribution in [0.1, 0.15) is 19.3 Å². The van der Waals surface area contributed by atoms with Gasteiger partial charge in [0.2, 0.25) is 5.91 Å². The smallest absolute Gasteiger partial charge is 0.241 e. The number of benzene rings is 1. The predicted octanol–water partition coefficient (Wildman–Crippen LogP) is 2.91. The van der Waals surface area contributed by atoms with Gasteiger partial charge in [0.1, 0.15) is 0 Å². The van der Waals surface area contributed by atoms with Crippen LogP contribution in [0.5, 0.6) is 0 Å². The fraction of sp³-hybridized carbons (Fsp3) is 0.462. The van der Waals surface area contributed by atoms with Crippen molar-refractivity contribution in [2.75, 3.05) is 18.1 Å². The SMILES string of the molecule is CSc1ccc(NC(=O)C2CCCCN2)cc1.Cl. The highest BCUT2D eigenvalue weighted by molar-refractivity contribution is 7.98. The quantitative estimate of drug-likeness (QED) is 0.840. The normalized spacial score (nSPS) is 18.8. The summed E-state index contributed by atoms with van der Waals surface area (Å²) in [5, 5.41) is 6.20. The maximum atomic E-state index is 11.9. The molecule has 1 aliphatic rings. The van der Waals surface area contributed by atoms with Crippen LogP contribution in [-0.2, 0) is 4.79 Å². The number of halogens is 1. The fourth-order valence-corrected chi connectivity index (χ4v) is 2.39. The molecule has 100 valence electrons. The average Bonchev–Trinajstić information content (AvgIpc) is 2.40. The lowest BCUT2D eigenvalue weighted by atomic mass is 10.0. The first-order valence-electron chi connectivity index (χ1n) is 5.98. The minimum atomic E-state index is -0.0241. The van der Waals surface area contributed by atoms with Gasteiger partial charge in [-0.05, 0) is 49.9 Å². The van der Waals surface area contributed by atoms with Crippen molar-refractivity contribution in [2.24, 2.45) is 0 Å². The van der Waals surface area contributed by atoms with Crippen LogP contribution in [-0.4, -0.2) is 24.7 Å². The average molecular weight is 287 g/mol. The van der Waals surface area contributed by atoms with E-state index in [1.807, 2.05) is 30.5 Å². The maximum absolute atomic E-state index is 11.9. The molecule has 1 aromatic rings. The molecule has 1 aliphatic heterocycles. The summed E-state index contributed by atoms with van der Waals surface area (Å²) in [6.45, 7) is 0.948. The first kappa shape index (κ1) is 15.3. The van der Waals surface area contributed by atoms with Crippen LogP contribution in [0.3, 0.4) is 0 Å². The summed E-state index contributed by atoms with van der Waals surface area (Å²) in [6, 6.07) is 7.92. The van der Waals surface area contributed by atoms with Crippen molar-refractivity contribution in [1.29, 1.82) is 0 Å². The molecule has 0 spiro atoms. The van der Waals surface area contributed by atoms with E-state index in [1.54, 1.807) is 11.8 Å². The van der Waals surface area contributed by atoms with Gasteiger partial charge in [-0.15, -0.1) is 24.2 Å². The third kappa shape index (κ3) is 4.19. The van der Waals surface area contributed by atoms with Crippen molar-refractivity contribution < 1.29 is 4.79 Å². The molecule has 1 heterocycles. The Morgan fingerprint density at radius 2 is 2.06 bits per heavy atom. The molecule has 18 heavy (non-hydrogen) atoms. The Kier molecular flexibility index (Phi) is 6.54. The number of nitrogens with one attached hydrogen (secondary N) is 2. The monoisotopic (exact) mass is 286 g/mol. The van der Waals surface area contributed by atoms with Crippen molar-refractivity contribution in [3.05, 3.63) is 24.3 Å². The molecule has 3 nitrogen and oxygen atoms in total. The summed E-state index contributed by atoms with van der Waals surface area (Å²) < 4.78 is 0. The Morgan fingerprint density at radius 3 is 2.61 bits per heavy atom. The van der Waals surface area contributed by atoms with Gasteiger partial charge in [-0.3, -0.25) is 4.79 Å². The predicted molar refractivity (Wildman–Crippen MR) is 79.7 cm³/mol. The summed E-state index contributed by atoms with van der Waals surface area (Å²) in [6.07, 6.45) is 5.29. The molecule has 0 aromatic heterocycles. The van der Waals surface area contributed by atoms with Gasteiger partial charge in [0.25, 0.3) is 0 Å². The van der Waals surface area contributed by atoms with Gasteiger partial charge in [-0.2, -0.15) is 0 Å². The van der Waals surface area contributed by atoms with Crippen LogP contribution in [0.4, 0.5) is 5.69 Å². The zero-order valence-electron chi connectivity index (χ0n) is 10.4. The van der Waals surface area contributed by atoms with Crippen LogP contribution in [0, 0.1) is 0 Å². The van der Waals surface area contributed by atoms with E-state index in [2.05, 4.69) is 10.6 Å². The zero-order valence-corrected chi connectivity index (χ0v) is 12.1. The second-order valence-corrected chi connectivity index (χ2v) is 5.10. The van der Waals surface area contributed by atoms with Gasteiger partial charge in [0.05, 0.1) is 6.04 Å². The molecule has 1 fully saturated rings. The molecule has 1 saturated heterocycles. The summed E-state index contributed by atoms with van der Waals surface area (Å²) in [7, 11) is 0. The number of carbonyl (C=O) groups excluding carboxylic acids is 1. The highest BCUT2D eigenvalue weighted by atomic mass is 35.5. The Bertz CT molecular complexity index is 377. The van der Waals surface area contributed by atoms with E-state index >= 15 is 0 Å². The minimum absolute atomic E-state index is 0. The lowest BCUT2D eigenvalue weighted by Gasteiger charge is -2.22. The summed E-state index contributed by atoms with van der Waals surface area (Å²) in [5.41, 5.74) is 0.875. The molecule has 1 atom stereocenters. The lowest BCUT2D eigenvalue weighted by Crippen LogP contribution is -2.43. The number of rotatable bonds is 3. The van der Waals surface area contributed by atoms with E-state index < -0.39 is 0 Å². The third-order valence-electron chi connectivity index (χ3n) is 2.98. The molecule has 1 amide bonds. The van der Waals surface area contributed by atoms with Crippen molar-refractivity contribution >= 4 is 35.8 Å². The number of carbonyl (C=O) groups is 1. The van der Waals surface area contributed by atoms with Gasteiger partial charge < -0.3 is 10.6 Å².